The normalized spacial score (nSPS) is 26.6. The Morgan fingerprint density at radius 3 is 2.86 bits per heavy atom. The number of anilines is 1. The Balaban J connectivity index is 1.77. The van der Waals surface area contributed by atoms with E-state index in [1.807, 2.05) is 36.9 Å². The summed E-state index contributed by atoms with van der Waals surface area (Å²) >= 11 is 2.00. The smallest absolute Gasteiger partial charge is 0.0709 e. The number of thioether (sulfide) groups is 1. The molecular weight excluding hydrogens is 302 g/mol. The Kier molecular flexibility index (Phi) is 4.62. The summed E-state index contributed by atoms with van der Waals surface area (Å²) in [6.45, 7) is 2.74. The van der Waals surface area contributed by atoms with Gasteiger partial charge in [-0.3, -0.25) is 4.21 Å². The fraction of sp³-hybridized carbons (Fsp3) is 0.625. The minimum Gasteiger partial charge on any atom is -0.399 e. The molecule has 2 N–H and O–H groups in total. The summed E-state index contributed by atoms with van der Waals surface area (Å²) in [6, 6.07) is 5.70. The maximum absolute atomic E-state index is 13.0. The molecule has 0 amide bonds. The Morgan fingerprint density at radius 1 is 1.38 bits per heavy atom. The van der Waals surface area contributed by atoms with Gasteiger partial charge in [-0.15, -0.1) is 0 Å². The number of hydrogen-bond donors (Lipinski definition) is 1. The van der Waals surface area contributed by atoms with Crippen LogP contribution in [0.25, 0.3) is 0 Å². The maximum Gasteiger partial charge on any atom is 0.0709 e. The Bertz CT molecular complexity index is 536. The van der Waals surface area contributed by atoms with Gasteiger partial charge in [-0.2, -0.15) is 11.8 Å². The number of aryl methyl sites for hydroxylation is 1. The van der Waals surface area contributed by atoms with Gasteiger partial charge in [0.2, 0.25) is 0 Å². The summed E-state index contributed by atoms with van der Waals surface area (Å²) in [6.07, 6.45) is 4.04. The van der Waals surface area contributed by atoms with Gasteiger partial charge in [0.25, 0.3) is 0 Å². The van der Waals surface area contributed by atoms with Crippen molar-refractivity contribution in [1.29, 1.82) is 0 Å². The molecule has 2 fully saturated rings. The van der Waals surface area contributed by atoms with E-state index in [1.54, 1.807) is 0 Å². The highest BCUT2D eigenvalue weighted by molar-refractivity contribution is 7.99. The van der Waals surface area contributed by atoms with Crippen LogP contribution < -0.4 is 5.73 Å². The van der Waals surface area contributed by atoms with Crippen molar-refractivity contribution in [3.05, 3.63) is 23.8 Å². The quantitative estimate of drug-likeness (QED) is 0.849. The van der Waals surface area contributed by atoms with Crippen molar-refractivity contribution in [1.82, 2.24) is 0 Å². The van der Waals surface area contributed by atoms with Gasteiger partial charge < -0.3 is 10.5 Å². The van der Waals surface area contributed by atoms with E-state index in [2.05, 4.69) is 0 Å². The molecule has 3 nitrogen and oxygen atoms in total. The maximum atomic E-state index is 13.0. The molecule has 2 saturated heterocycles. The van der Waals surface area contributed by atoms with Crippen molar-refractivity contribution in [3.8, 4) is 0 Å². The van der Waals surface area contributed by atoms with Gasteiger partial charge in [-0.05, 0) is 67.9 Å². The second-order valence-electron chi connectivity index (χ2n) is 6.08. The van der Waals surface area contributed by atoms with Crippen LogP contribution in [0.15, 0.2) is 23.1 Å². The van der Waals surface area contributed by atoms with Crippen molar-refractivity contribution in [2.45, 2.75) is 48.4 Å². The molecule has 1 spiro atoms. The summed E-state index contributed by atoms with van der Waals surface area (Å²) in [4.78, 5) is 0.941. The number of benzene rings is 1. The zero-order chi connectivity index (χ0) is 14.9. The zero-order valence-corrected chi connectivity index (χ0v) is 14.1. The average Bonchev–Trinajstić information content (AvgIpc) is 2.47. The first-order valence-corrected chi connectivity index (χ1v) is 9.95. The van der Waals surface area contributed by atoms with E-state index in [9.17, 15) is 4.21 Å². The lowest BCUT2D eigenvalue weighted by Gasteiger charge is -2.43. The molecule has 0 radical (unpaired) electrons. The Labute approximate surface area is 133 Å². The summed E-state index contributed by atoms with van der Waals surface area (Å²) in [5, 5.41) is 0.212. The van der Waals surface area contributed by atoms with Gasteiger partial charge in [0.15, 0.2) is 0 Å². The van der Waals surface area contributed by atoms with E-state index >= 15 is 0 Å². The minimum absolute atomic E-state index is 0.00839. The molecule has 1 aromatic carbocycles. The summed E-state index contributed by atoms with van der Waals surface area (Å²) in [5.41, 5.74) is 7.56. The minimum atomic E-state index is -0.960. The van der Waals surface area contributed by atoms with Gasteiger partial charge in [-0.25, -0.2) is 0 Å². The van der Waals surface area contributed by atoms with E-state index in [-0.39, 0.29) is 10.9 Å². The van der Waals surface area contributed by atoms with Gasteiger partial charge in [-0.1, -0.05) is 0 Å². The van der Waals surface area contributed by atoms with E-state index < -0.39 is 10.8 Å². The molecule has 2 atom stereocenters. The first kappa shape index (κ1) is 15.4. The molecular formula is C16H23NO2S2. The SMILES string of the molecule is Cc1cc(N)ccc1S(=O)C1CCOC2(CCSCC2)C1. The standard InChI is InChI=1S/C16H23NO2S2/c1-12-10-13(17)2-3-15(12)21(18)14-4-7-19-16(11-14)5-8-20-9-6-16/h2-3,10,14H,4-9,11,17H2,1H3. The van der Waals surface area contributed by atoms with Gasteiger partial charge in [0, 0.05) is 22.4 Å². The highest BCUT2D eigenvalue weighted by Crippen LogP contribution is 2.40. The number of hydrogen-bond acceptors (Lipinski definition) is 4. The lowest BCUT2D eigenvalue weighted by atomic mass is 9.88. The zero-order valence-electron chi connectivity index (χ0n) is 12.5. The monoisotopic (exact) mass is 325 g/mol. The molecule has 2 unspecified atom stereocenters. The molecule has 3 rings (SSSR count). The number of rotatable bonds is 2. The molecule has 2 heterocycles. The van der Waals surface area contributed by atoms with E-state index in [1.165, 1.54) is 11.5 Å². The molecule has 1 aromatic rings. The van der Waals surface area contributed by atoms with Crippen LogP contribution in [0.1, 0.15) is 31.2 Å². The first-order chi connectivity index (χ1) is 10.1. The third-order valence-corrected chi connectivity index (χ3v) is 7.46. The lowest BCUT2D eigenvalue weighted by Crippen LogP contribution is -2.45. The molecule has 0 aliphatic carbocycles. The predicted molar refractivity (Wildman–Crippen MR) is 90.3 cm³/mol. The Morgan fingerprint density at radius 2 is 2.14 bits per heavy atom. The van der Waals surface area contributed by atoms with Crippen LogP contribution in [0.5, 0.6) is 0 Å². The predicted octanol–water partition coefficient (Wildman–Crippen LogP) is 3.13. The molecule has 0 aromatic heterocycles. The van der Waals surface area contributed by atoms with Crippen LogP contribution >= 0.6 is 11.8 Å². The van der Waals surface area contributed by atoms with Crippen molar-refractivity contribution in [2.24, 2.45) is 0 Å². The van der Waals surface area contributed by atoms with Crippen molar-refractivity contribution in [2.75, 3.05) is 23.8 Å². The fourth-order valence-electron chi connectivity index (χ4n) is 3.34. The second-order valence-corrected chi connectivity index (χ2v) is 9.01. The summed E-state index contributed by atoms with van der Waals surface area (Å²) in [5.74, 6) is 2.33. The van der Waals surface area contributed by atoms with Crippen LogP contribution in [0.3, 0.4) is 0 Å². The molecule has 21 heavy (non-hydrogen) atoms. The first-order valence-electron chi connectivity index (χ1n) is 7.58. The third kappa shape index (κ3) is 3.30. The van der Waals surface area contributed by atoms with E-state index in [0.717, 1.165) is 48.4 Å². The summed E-state index contributed by atoms with van der Waals surface area (Å²) in [7, 11) is -0.960. The number of ether oxygens (including phenoxy) is 1. The van der Waals surface area contributed by atoms with E-state index in [4.69, 9.17) is 10.5 Å². The summed E-state index contributed by atoms with van der Waals surface area (Å²) < 4.78 is 19.1. The lowest BCUT2D eigenvalue weighted by molar-refractivity contribution is -0.0809. The van der Waals surface area contributed by atoms with Crippen molar-refractivity contribution >= 4 is 28.2 Å². The molecule has 5 heteroatoms. The molecule has 2 aliphatic heterocycles. The highest BCUT2D eigenvalue weighted by Gasteiger charge is 2.40. The van der Waals surface area contributed by atoms with Crippen LogP contribution in [-0.4, -0.2) is 33.2 Å². The van der Waals surface area contributed by atoms with Crippen LogP contribution in [0.2, 0.25) is 0 Å². The van der Waals surface area contributed by atoms with Crippen LogP contribution in [0, 0.1) is 6.92 Å². The molecule has 0 saturated carbocycles. The second kappa shape index (κ2) is 6.31. The average molecular weight is 325 g/mol. The molecule has 2 aliphatic rings. The Hall–Kier alpha value is -0.520. The van der Waals surface area contributed by atoms with Gasteiger partial charge in [0.1, 0.15) is 0 Å². The van der Waals surface area contributed by atoms with Crippen LogP contribution in [0.4, 0.5) is 5.69 Å². The fourth-order valence-corrected chi connectivity index (χ4v) is 6.28. The van der Waals surface area contributed by atoms with Crippen molar-refractivity contribution in [3.63, 3.8) is 0 Å². The molecule has 116 valence electrons. The van der Waals surface area contributed by atoms with E-state index in [0.29, 0.717) is 0 Å². The third-order valence-electron chi connectivity index (χ3n) is 4.57. The topological polar surface area (TPSA) is 52.3 Å². The highest BCUT2D eigenvalue weighted by atomic mass is 32.2. The number of nitrogen functional groups attached to an aromatic ring is 1. The van der Waals surface area contributed by atoms with Gasteiger partial charge >= 0.3 is 0 Å². The largest absolute Gasteiger partial charge is 0.399 e. The van der Waals surface area contributed by atoms with Crippen LogP contribution in [-0.2, 0) is 15.5 Å². The van der Waals surface area contributed by atoms with Crippen molar-refractivity contribution < 1.29 is 8.95 Å². The number of nitrogens with two attached hydrogens (primary N) is 1. The molecule has 0 bridgehead atoms. The van der Waals surface area contributed by atoms with Gasteiger partial charge in [0.05, 0.1) is 16.4 Å².